The molecule has 1 aromatic carbocycles. The van der Waals surface area contributed by atoms with Crippen LogP contribution in [0.1, 0.15) is 30.6 Å². The average molecular weight is 308 g/mol. The normalized spacial score (nSPS) is 13.0. The van der Waals surface area contributed by atoms with E-state index in [1.807, 2.05) is 26.0 Å². The molecule has 0 bridgehead atoms. The van der Waals surface area contributed by atoms with Crippen molar-refractivity contribution < 1.29 is 5.11 Å². The highest BCUT2D eigenvalue weighted by molar-refractivity contribution is 9.11. The molecule has 0 amide bonds. The summed E-state index contributed by atoms with van der Waals surface area (Å²) < 4.78 is 2.01. The predicted molar refractivity (Wildman–Crippen MR) is 61.8 cm³/mol. The summed E-state index contributed by atoms with van der Waals surface area (Å²) >= 11 is 6.89. The van der Waals surface area contributed by atoms with E-state index in [1.54, 1.807) is 0 Å². The molecule has 0 aliphatic rings. The van der Waals surface area contributed by atoms with Crippen molar-refractivity contribution in [2.24, 2.45) is 0 Å². The quantitative estimate of drug-likeness (QED) is 0.876. The highest BCUT2D eigenvalue weighted by Gasteiger charge is 2.10. The summed E-state index contributed by atoms with van der Waals surface area (Å²) in [4.78, 5) is 0. The number of aliphatic hydroxyl groups excluding tert-OH is 1. The van der Waals surface area contributed by atoms with Gasteiger partial charge in [-0.25, -0.2) is 0 Å². The van der Waals surface area contributed by atoms with Crippen LogP contribution in [0.4, 0.5) is 0 Å². The van der Waals surface area contributed by atoms with Crippen molar-refractivity contribution in [3.8, 4) is 0 Å². The van der Waals surface area contributed by atoms with Gasteiger partial charge in [-0.1, -0.05) is 38.8 Å². The molecule has 0 aliphatic carbocycles. The Balaban J connectivity index is 3.15. The van der Waals surface area contributed by atoms with Crippen molar-refractivity contribution in [2.45, 2.75) is 26.4 Å². The zero-order valence-electron chi connectivity index (χ0n) is 7.64. The fourth-order valence-corrected chi connectivity index (χ4v) is 2.22. The maximum atomic E-state index is 9.67. The van der Waals surface area contributed by atoms with Gasteiger partial charge in [0.05, 0.1) is 6.10 Å². The topological polar surface area (TPSA) is 20.2 Å². The third-order valence-electron chi connectivity index (χ3n) is 2.02. The second kappa shape index (κ2) is 4.58. The Bertz CT molecular complexity index is 310. The van der Waals surface area contributed by atoms with E-state index >= 15 is 0 Å². The maximum absolute atomic E-state index is 9.67. The van der Waals surface area contributed by atoms with Crippen molar-refractivity contribution in [3.05, 3.63) is 32.2 Å². The van der Waals surface area contributed by atoms with E-state index in [2.05, 4.69) is 31.9 Å². The average Bonchev–Trinajstić information content (AvgIpc) is 2.10. The summed E-state index contributed by atoms with van der Waals surface area (Å²) in [5, 5.41) is 9.67. The molecule has 1 rings (SSSR count). The fourth-order valence-electron chi connectivity index (χ4n) is 1.14. The summed E-state index contributed by atoms with van der Waals surface area (Å²) in [5.41, 5.74) is 2.11. The van der Waals surface area contributed by atoms with E-state index in [9.17, 15) is 5.11 Å². The third-order valence-corrected chi connectivity index (χ3v) is 3.56. The second-order valence-electron chi connectivity index (χ2n) is 3.05. The van der Waals surface area contributed by atoms with Gasteiger partial charge < -0.3 is 5.11 Å². The monoisotopic (exact) mass is 306 g/mol. The molecule has 3 heteroatoms. The van der Waals surface area contributed by atoms with Crippen LogP contribution in [0.15, 0.2) is 21.1 Å². The minimum Gasteiger partial charge on any atom is -0.388 e. The zero-order chi connectivity index (χ0) is 10.0. The molecule has 0 aliphatic heterocycles. The van der Waals surface area contributed by atoms with E-state index < -0.39 is 0 Å². The Morgan fingerprint density at radius 2 is 1.92 bits per heavy atom. The van der Waals surface area contributed by atoms with Gasteiger partial charge in [-0.05, 0) is 36.6 Å². The van der Waals surface area contributed by atoms with Gasteiger partial charge in [0, 0.05) is 8.95 Å². The summed E-state index contributed by atoms with van der Waals surface area (Å²) in [6.07, 6.45) is 0.347. The van der Waals surface area contributed by atoms with E-state index in [0.717, 1.165) is 20.9 Å². The molecule has 1 N–H and O–H groups in total. The number of hydrogen-bond acceptors (Lipinski definition) is 1. The first-order valence-electron chi connectivity index (χ1n) is 4.19. The molecule has 1 unspecified atom stereocenters. The lowest BCUT2D eigenvalue weighted by atomic mass is 10.1. The van der Waals surface area contributed by atoms with Crippen LogP contribution in [0.2, 0.25) is 0 Å². The van der Waals surface area contributed by atoms with Gasteiger partial charge in [-0.2, -0.15) is 0 Å². The molecule has 0 aromatic heterocycles. The van der Waals surface area contributed by atoms with Gasteiger partial charge >= 0.3 is 0 Å². The van der Waals surface area contributed by atoms with Crippen molar-refractivity contribution in [1.29, 1.82) is 0 Å². The van der Waals surface area contributed by atoms with Crippen LogP contribution in [0.3, 0.4) is 0 Å². The predicted octanol–water partition coefficient (Wildman–Crippen LogP) is 3.96. The number of benzene rings is 1. The molecule has 0 saturated carbocycles. The van der Waals surface area contributed by atoms with Crippen LogP contribution in [-0.4, -0.2) is 5.11 Å². The molecule has 0 radical (unpaired) electrons. The Morgan fingerprint density at radius 3 is 2.46 bits per heavy atom. The largest absolute Gasteiger partial charge is 0.388 e. The van der Waals surface area contributed by atoms with E-state index in [0.29, 0.717) is 0 Å². The van der Waals surface area contributed by atoms with Crippen LogP contribution < -0.4 is 0 Å². The van der Waals surface area contributed by atoms with E-state index in [4.69, 9.17) is 0 Å². The van der Waals surface area contributed by atoms with Gasteiger partial charge in [0.25, 0.3) is 0 Å². The lowest BCUT2D eigenvalue weighted by Crippen LogP contribution is -1.97. The Morgan fingerprint density at radius 1 is 1.31 bits per heavy atom. The minimum atomic E-state index is -0.383. The highest BCUT2D eigenvalue weighted by atomic mass is 79.9. The summed E-state index contributed by atoms with van der Waals surface area (Å²) in [6.45, 7) is 3.99. The molecule has 0 fully saturated rings. The molecule has 1 nitrogen and oxygen atoms in total. The summed E-state index contributed by atoms with van der Waals surface area (Å²) in [5.74, 6) is 0. The number of aliphatic hydroxyl groups is 1. The number of rotatable bonds is 2. The third kappa shape index (κ3) is 2.55. The van der Waals surface area contributed by atoms with E-state index in [-0.39, 0.29) is 6.10 Å². The highest BCUT2D eigenvalue weighted by Crippen LogP contribution is 2.30. The van der Waals surface area contributed by atoms with Gasteiger partial charge in [-0.3, -0.25) is 0 Å². The van der Waals surface area contributed by atoms with Crippen LogP contribution in [0.5, 0.6) is 0 Å². The Kier molecular flexibility index (Phi) is 3.95. The van der Waals surface area contributed by atoms with Crippen LogP contribution >= 0.6 is 31.9 Å². The number of aryl methyl sites for hydroxylation is 1. The van der Waals surface area contributed by atoms with Crippen LogP contribution in [-0.2, 0) is 0 Å². The lowest BCUT2D eigenvalue weighted by Gasteiger charge is -2.12. The van der Waals surface area contributed by atoms with Gasteiger partial charge in [-0.15, -0.1) is 0 Å². The maximum Gasteiger partial charge on any atom is 0.0798 e. The molecule has 1 atom stereocenters. The van der Waals surface area contributed by atoms with E-state index in [1.165, 1.54) is 5.56 Å². The molecule has 0 heterocycles. The SMILES string of the molecule is CCC(O)c1cc(Br)c(C)cc1Br. The molecule has 72 valence electrons. The molecule has 0 spiro atoms. The molecular weight excluding hydrogens is 296 g/mol. The first-order valence-corrected chi connectivity index (χ1v) is 5.78. The van der Waals surface area contributed by atoms with Crippen molar-refractivity contribution in [2.75, 3.05) is 0 Å². The fraction of sp³-hybridized carbons (Fsp3) is 0.400. The molecule has 1 aromatic rings. The van der Waals surface area contributed by atoms with Crippen molar-refractivity contribution >= 4 is 31.9 Å². The standard InChI is InChI=1S/C10H12Br2O/c1-3-10(13)7-5-8(11)6(2)4-9(7)12/h4-5,10,13H,3H2,1-2H3. The first kappa shape index (κ1) is 11.2. The van der Waals surface area contributed by atoms with Gasteiger partial charge in [0.2, 0.25) is 0 Å². The molecule has 0 saturated heterocycles. The Labute approximate surface area is 95.4 Å². The summed E-state index contributed by atoms with van der Waals surface area (Å²) in [7, 11) is 0. The Hall–Kier alpha value is 0.140. The second-order valence-corrected chi connectivity index (χ2v) is 4.76. The van der Waals surface area contributed by atoms with Crippen LogP contribution in [0.25, 0.3) is 0 Å². The number of hydrogen-bond donors (Lipinski definition) is 1. The van der Waals surface area contributed by atoms with Crippen LogP contribution in [0, 0.1) is 6.92 Å². The molecule has 13 heavy (non-hydrogen) atoms. The lowest BCUT2D eigenvalue weighted by molar-refractivity contribution is 0.173. The van der Waals surface area contributed by atoms with Crippen molar-refractivity contribution in [3.63, 3.8) is 0 Å². The van der Waals surface area contributed by atoms with Crippen molar-refractivity contribution in [1.82, 2.24) is 0 Å². The van der Waals surface area contributed by atoms with Gasteiger partial charge in [0.1, 0.15) is 0 Å². The molecular formula is C10H12Br2O. The number of halogens is 2. The minimum absolute atomic E-state index is 0.383. The smallest absolute Gasteiger partial charge is 0.0798 e. The van der Waals surface area contributed by atoms with Gasteiger partial charge in [0.15, 0.2) is 0 Å². The summed E-state index contributed by atoms with van der Waals surface area (Å²) in [6, 6.07) is 3.98. The first-order chi connectivity index (χ1) is 6.06. The zero-order valence-corrected chi connectivity index (χ0v) is 10.8.